The van der Waals surface area contributed by atoms with E-state index in [-0.39, 0.29) is 18.6 Å². The first-order chi connectivity index (χ1) is 13.0. The molecule has 1 aliphatic carbocycles. The maximum absolute atomic E-state index is 12.0. The first kappa shape index (κ1) is 19.6. The van der Waals surface area contributed by atoms with Crippen LogP contribution in [0.1, 0.15) is 54.2 Å². The van der Waals surface area contributed by atoms with Crippen molar-refractivity contribution in [1.82, 2.24) is 9.78 Å². The zero-order valence-corrected chi connectivity index (χ0v) is 16.2. The van der Waals surface area contributed by atoms with Crippen molar-refractivity contribution in [2.45, 2.75) is 44.6 Å². The third-order valence-electron chi connectivity index (χ3n) is 4.38. The second kappa shape index (κ2) is 9.14. The number of amides is 1. The Labute approximate surface area is 165 Å². The van der Waals surface area contributed by atoms with Crippen LogP contribution >= 0.6 is 22.9 Å². The van der Waals surface area contributed by atoms with Crippen LogP contribution in [-0.2, 0) is 14.3 Å². The van der Waals surface area contributed by atoms with Crippen LogP contribution in [-0.4, -0.2) is 34.0 Å². The smallest absolute Gasteiger partial charge is 0.306 e. The van der Waals surface area contributed by atoms with Gasteiger partial charge < -0.3 is 10.1 Å². The van der Waals surface area contributed by atoms with E-state index in [0.29, 0.717) is 21.1 Å². The zero-order valence-electron chi connectivity index (χ0n) is 14.7. The standard InChI is InChI=1S/C18H20ClN3O4S/c19-15-7-6-14(27-15)13(23)5-8-18(25)26-11-17(24)21-16-9-10-20-22(16)12-3-1-2-4-12/h6-7,9-10,12H,1-5,8,11H2,(H,21,24). The molecule has 27 heavy (non-hydrogen) atoms. The first-order valence-electron chi connectivity index (χ1n) is 8.80. The lowest BCUT2D eigenvalue weighted by molar-refractivity contribution is -0.147. The molecule has 0 spiro atoms. The number of hydrogen-bond acceptors (Lipinski definition) is 6. The second-order valence-electron chi connectivity index (χ2n) is 6.34. The highest BCUT2D eigenvalue weighted by atomic mass is 35.5. The third-order valence-corrected chi connectivity index (χ3v) is 5.65. The third kappa shape index (κ3) is 5.40. The molecule has 3 rings (SSSR count). The summed E-state index contributed by atoms with van der Waals surface area (Å²) in [6.45, 7) is -0.395. The van der Waals surface area contributed by atoms with E-state index in [0.717, 1.165) is 25.7 Å². The molecule has 0 aliphatic heterocycles. The molecule has 1 fully saturated rings. The summed E-state index contributed by atoms with van der Waals surface area (Å²) in [6, 6.07) is 5.29. The highest BCUT2D eigenvalue weighted by Gasteiger charge is 2.21. The van der Waals surface area contributed by atoms with Crippen LogP contribution in [0.25, 0.3) is 0 Å². The highest BCUT2D eigenvalue weighted by Crippen LogP contribution is 2.31. The van der Waals surface area contributed by atoms with E-state index in [1.54, 1.807) is 24.4 Å². The minimum absolute atomic E-state index is 0.0196. The van der Waals surface area contributed by atoms with Crippen LogP contribution in [0.15, 0.2) is 24.4 Å². The van der Waals surface area contributed by atoms with E-state index in [1.165, 1.54) is 11.3 Å². The van der Waals surface area contributed by atoms with Crippen molar-refractivity contribution in [3.05, 3.63) is 33.6 Å². The molecule has 0 unspecified atom stereocenters. The van der Waals surface area contributed by atoms with Gasteiger partial charge in [0.15, 0.2) is 12.4 Å². The number of nitrogens with zero attached hydrogens (tertiary/aromatic N) is 2. The molecular weight excluding hydrogens is 390 g/mol. The predicted octanol–water partition coefficient (Wildman–Crippen LogP) is 3.86. The Morgan fingerprint density at radius 1 is 1.22 bits per heavy atom. The number of ketones is 1. The van der Waals surface area contributed by atoms with Crippen LogP contribution < -0.4 is 5.32 Å². The summed E-state index contributed by atoms with van der Waals surface area (Å²) in [6.07, 6.45) is 5.99. The van der Waals surface area contributed by atoms with E-state index in [4.69, 9.17) is 16.3 Å². The van der Waals surface area contributed by atoms with Gasteiger partial charge in [0.25, 0.3) is 5.91 Å². The SMILES string of the molecule is O=C(COC(=O)CCC(=O)c1ccc(Cl)s1)Nc1ccnn1C1CCCC1. The van der Waals surface area contributed by atoms with E-state index in [1.807, 2.05) is 4.68 Å². The largest absolute Gasteiger partial charge is 0.456 e. The Morgan fingerprint density at radius 2 is 2.00 bits per heavy atom. The number of hydrogen-bond donors (Lipinski definition) is 1. The number of esters is 1. The zero-order chi connectivity index (χ0) is 19.2. The molecule has 2 heterocycles. The van der Waals surface area contributed by atoms with Crippen molar-refractivity contribution in [3.63, 3.8) is 0 Å². The lowest BCUT2D eigenvalue weighted by atomic mass is 10.2. The van der Waals surface area contributed by atoms with E-state index in [2.05, 4.69) is 10.4 Å². The second-order valence-corrected chi connectivity index (χ2v) is 8.05. The maximum atomic E-state index is 12.0. The fourth-order valence-corrected chi connectivity index (χ4v) is 4.06. The number of rotatable bonds is 8. The Bertz CT molecular complexity index is 826. The molecule has 0 aromatic carbocycles. The quantitative estimate of drug-likeness (QED) is 0.528. The summed E-state index contributed by atoms with van der Waals surface area (Å²) in [5.41, 5.74) is 0. The number of carbonyl (C=O) groups excluding carboxylic acids is 3. The van der Waals surface area contributed by atoms with Gasteiger partial charge in [-0.1, -0.05) is 24.4 Å². The molecule has 7 nitrogen and oxygen atoms in total. The molecule has 2 aromatic heterocycles. The number of thiophene rings is 1. The average molecular weight is 410 g/mol. The number of carbonyl (C=O) groups is 3. The lowest BCUT2D eigenvalue weighted by Gasteiger charge is -2.14. The number of nitrogens with one attached hydrogen (secondary N) is 1. The van der Waals surface area contributed by atoms with Crippen molar-refractivity contribution < 1.29 is 19.1 Å². The molecule has 144 valence electrons. The summed E-state index contributed by atoms with van der Waals surface area (Å²) in [5.74, 6) is -0.591. The predicted molar refractivity (Wildman–Crippen MR) is 102 cm³/mol. The van der Waals surface area contributed by atoms with Gasteiger partial charge >= 0.3 is 5.97 Å². The average Bonchev–Trinajstić information content (AvgIpc) is 3.39. The van der Waals surface area contributed by atoms with Gasteiger partial charge in [-0.25, -0.2) is 4.68 Å². The van der Waals surface area contributed by atoms with Gasteiger partial charge in [-0.15, -0.1) is 11.3 Å². The Morgan fingerprint density at radius 3 is 2.70 bits per heavy atom. The van der Waals surface area contributed by atoms with Crippen LogP contribution in [0.5, 0.6) is 0 Å². The number of ether oxygens (including phenoxy) is 1. The van der Waals surface area contributed by atoms with Crippen LogP contribution in [0, 0.1) is 0 Å². The van der Waals surface area contributed by atoms with Gasteiger partial charge in [0, 0.05) is 12.5 Å². The van der Waals surface area contributed by atoms with Crippen molar-refractivity contribution >= 4 is 46.4 Å². The van der Waals surface area contributed by atoms with Crippen LogP contribution in [0.3, 0.4) is 0 Å². The Hall–Kier alpha value is -2.19. The molecule has 0 radical (unpaired) electrons. The maximum Gasteiger partial charge on any atom is 0.306 e. The summed E-state index contributed by atoms with van der Waals surface area (Å²) >= 11 is 6.96. The van der Waals surface area contributed by atoms with E-state index in [9.17, 15) is 14.4 Å². The molecule has 1 aliphatic rings. The molecular formula is C18H20ClN3O4S. The van der Waals surface area contributed by atoms with E-state index < -0.39 is 18.5 Å². The molecule has 0 saturated heterocycles. The number of Topliss-reactive ketones (excluding diaryl/α,β-unsaturated/α-hetero) is 1. The molecule has 9 heteroatoms. The Balaban J connectivity index is 1.41. The fraction of sp³-hybridized carbons (Fsp3) is 0.444. The summed E-state index contributed by atoms with van der Waals surface area (Å²) < 4.78 is 7.29. The van der Waals surface area contributed by atoms with E-state index >= 15 is 0 Å². The number of halogens is 1. The normalized spacial score (nSPS) is 14.3. The summed E-state index contributed by atoms with van der Waals surface area (Å²) in [7, 11) is 0. The molecule has 2 aromatic rings. The molecule has 1 N–H and O–H groups in total. The van der Waals surface area contributed by atoms with Crippen molar-refractivity contribution in [1.29, 1.82) is 0 Å². The number of aromatic nitrogens is 2. The highest BCUT2D eigenvalue weighted by molar-refractivity contribution is 7.18. The Kier molecular flexibility index (Phi) is 6.63. The molecule has 1 amide bonds. The monoisotopic (exact) mass is 409 g/mol. The van der Waals surface area contributed by atoms with Crippen molar-refractivity contribution in [2.75, 3.05) is 11.9 Å². The van der Waals surface area contributed by atoms with Crippen LogP contribution in [0.2, 0.25) is 4.34 Å². The lowest BCUT2D eigenvalue weighted by Crippen LogP contribution is -2.23. The first-order valence-corrected chi connectivity index (χ1v) is 10.00. The summed E-state index contributed by atoms with van der Waals surface area (Å²) in [4.78, 5) is 36.2. The topological polar surface area (TPSA) is 90.3 Å². The molecule has 1 saturated carbocycles. The van der Waals surface area contributed by atoms with Crippen molar-refractivity contribution in [2.24, 2.45) is 0 Å². The van der Waals surface area contributed by atoms with Crippen molar-refractivity contribution in [3.8, 4) is 0 Å². The number of anilines is 1. The van der Waals surface area contributed by atoms with Gasteiger partial charge in [-0.05, 0) is 25.0 Å². The minimum atomic E-state index is -0.592. The van der Waals surface area contributed by atoms with Gasteiger partial charge in [-0.3, -0.25) is 14.4 Å². The summed E-state index contributed by atoms with van der Waals surface area (Å²) in [5, 5.41) is 6.99. The minimum Gasteiger partial charge on any atom is -0.456 e. The molecule has 0 bridgehead atoms. The van der Waals surface area contributed by atoms with Gasteiger partial charge in [0.1, 0.15) is 5.82 Å². The molecule has 0 atom stereocenters. The van der Waals surface area contributed by atoms with Crippen LogP contribution in [0.4, 0.5) is 5.82 Å². The van der Waals surface area contributed by atoms with Gasteiger partial charge in [0.05, 0.1) is 27.9 Å². The van der Waals surface area contributed by atoms with Gasteiger partial charge in [0.2, 0.25) is 0 Å². The van der Waals surface area contributed by atoms with Gasteiger partial charge in [-0.2, -0.15) is 5.10 Å². The fourth-order valence-electron chi connectivity index (χ4n) is 3.05.